The van der Waals surface area contributed by atoms with E-state index in [0.717, 1.165) is 5.76 Å². The molecular weight excluding hydrogens is 194 g/mol. The van der Waals surface area contributed by atoms with E-state index < -0.39 is 11.6 Å². The van der Waals surface area contributed by atoms with Crippen LogP contribution in [-0.2, 0) is 11.3 Å². The van der Waals surface area contributed by atoms with Gasteiger partial charge in [0.1, 0.15) is 11.4 Å². The summed E-state index contributed by atoms with van der Waals surface area (Å²) in [7, 11) is 1.82. The lowest BCUT2D eigenvalue weighted by Gasteiger charge is -2.18. The van der Waals surface area contributed by atoms with Gasteiger partial charge in [-0.1, -0.05) is 0 Å². The standard InChI is InChI=1S/C11H17NO3/c1-11(2,3)15-10(13)9-6-5-8(14-9)7-12-4/h5-6,12H,7H2,1-4H3. The lowest BCUT2D eigenvalue weighted by molar-refractivity contribution is 0.00343. The van der Waals surface area contributed by atoms with Gasteiger partial charge in [0.25, 0.3) is 0 Å². The third-order valence-corrected chi connectivity index (χ3v) is 1.61. The molecule has 0 amide bonds. The third-order valence-electron chi connectivity index (χ3n) is 1.61. The summed E-state index contributed by atoms with van der Waals surface area (Å²) in [5, 5.41) is 2.94. The molecule has 4 heteroatoms. The fourth-order valence-electron chi connectivity index (χ4n) is 1.09. The molecule has 1 aromatic heterocycles. The van der Waals surface area contributed by atoms with E-state index in [4.69, 9.17) is 9.15 Å². The molecule has 0 radical (unpaired) electrons. The maximum atomic E-state index is 11.5. The Morgan fingerprint density at radius 3 is 2.67 bits per heavy atom. The first-order chi connectivity index (χ1) is 6.92. The van der Waals surface area contributed by atoms with Crippen molar-refractivity contribution >= 4 is 5.97 Å². The number of furan rings is 1. The summed E-state index contributed by atoms with van der Waals surface area (Å²) in [6.07, 6.45) is 0. The van der Waals surface area contributed by atoms with Crippen LogP contribution < -0.4 is 5.32 Å². The number of ether oxygens (including phenoxy) is 1. The molecule has 0 aromatic carbocycles. The van der Waals surface area contributed by atoms with Crippen LogP contribution >= 0.6 is 0 Å². The van der Waals surface area contributed by atoms with Gasteiger partial charge in [0, 0.05) is 0 Å². The molecule has 0 unspecified atom stereocenters. The van der Waals surface area contributed by atoms with E-state index in [1.165, 1.54) is 0 Å². The van der Waals surface area contributed by atoms with Crippen LogP contribution in [0.3, 0.4) is 0 Å². The zero-order valence-corrected chi connectivity index (χ0v) is 9.59. The molecule has 0 aliphatic carbocycles. The Hall–Kier alpha value is -1.29. The summed E-state index contributed by atoms with van der Waals surface area (Å²) in [6, 6.07) is 3.39. The molecule has 1 rings (SSSR count). The molecule has 0 saturated carbocycles. The molecule has 0 spiro atoms. The number of carbonyl (C=O) groups is 1. The highest BCUT2D eigenvalue weighted by Crippen LogP contribution is 2.14. The Morgan fingerprint density at radius 1 is 1.47 bits per heavy atom. The molecule has 1 aromatic rings. The van der Waals surface area contributed by atoms with E-state index >= 15 is 0 Å². The second-order valence-electron chi connectivity index (χ2n) is 4.30. The highest BCUT2D eigenvalue weighted by Gasteiger charge is 2.20. The maximum Gasteiger partial charge on any atom is 0.374 e. The molecule has 15 heavy (non-hydrogen) atoms. The van der Waals surface area contributed by atoms with Crippen LogP contribution in [0.1, 0.15) is 37.1 Å². The van der Waals surface area contributed by atoms with Gasteiger partial charge in [0.2, 0.25) is 5.76 Å². The number of rotatable bonds is 3. The molecule has 4 nitrogen and oxygen atoms in total. The zero-order valence-electron chi connectivity index (χ0n) is 9.59. The first-order valence-corrected chi connectivity index (χ1v) is 4.89. The van der Waals surface area contributed by atoms with Crippen molar-refractivity contribution in [3.8, 4) is 0 Å². The Morgan fingerprint density at radius 2 is 2.13 bits per heavy atom. The smallest absolute Gasteiger partial charge is 0.374 e. The SMILES string of the molecule is CNCc1ccc(C(=O)OC(C)(C)C)o1. The maximum absolute atomic E-state index is 11.5. The van der Waals surface area contributed by atoms with Gasteiger partial charge in [-0.2, -0.15) is 0 Å². The molecule has 84 valence electrons. The molecule has 0 fully saturated rings. The van der Waals surface area contributed by atoms with Crippen molar-refractivity contribution in [1.82, 2.24) is 5.32 Å². The first-order valence-electron chi connectivity index (χ1n) is 4.89. The Bertz CT molecular complexity index is 336. The molecule has 0 bridgehead atoms. The minimum Gasteiger partial charge on any atom is -0.454 e. The van der Waals surface area contributed by atoms with Gasteiger partial charge in [-0.15, -0.1) is 0 Å². The average molecular weight is 211 g/mol. The van der Waals surface area contributed by atoms with Gasteiger partial charge in [-0.3, -0.25) is 0 Å². The minimum atomic E-state index is -0.493. The average Bonchev–Trinajstić information content (AvgIpc) is 2.50. The summed E-state index contributed by atoms with van der Waals surface area (Å²) in [5.41, 5.74) is -0.493. The fraction of sp³-hybridized carbons (Fsp3) is 0.545. The first kappa shape index (κ1) is 11.8. The van der Waals surface area contributed by atoms with Crippen molar-refractivity contribution in [2.24, 2.45) is 0 Å². The van der Waals surface area contributed by atoms with E-state index in [-0.39, 0.29) is 5.76 Å². The predicted molar refractivity (Wildman–Crippen MR) is 56.6 cm³/mol. The summed E-state index contributed by atoms with van der Waals surface area (Å²) in [6.45, 7) is 6.07. The van der Waals surface area contributed by atoms with Gasteiger partial charge in [-0.25, -0.2) is 4.79 Å². The normalized spacial score (nSPS) is 11.5. The Labute approximate surface area is 89.6 Å². The Balaban J connectivity index is 2.66. The quantitative estimate of drug-likeness (QED) is 0.776. The highest BCUT2D eigenvalue weighted by molar-refractivity contribution is 5.86. The fourth-order valence-corrected chi connectivity index (χ4v) is 1.09. The molecule has 1 N–H and O–H groups in total. The van der Waals surface area contributed by atoms with Crippen LogP contribution in [-0.4, -0.2) is 18.6 Å². The molecule has 0 saturated heterocycles. The number of esters is 1. The predicted octanol–water partition coefficient (Wildman–Crippen LogP) is 1.95. The van der Waals surface area contributed by atoms with Crippen LogP contribution in [0.25, 0.3) is 0 Å². The number of carbonyl (C=O) groups excluding carboxylic acids is 1. The molecule has 0 atom stereocenters. The van der Waals surface area contributed by atoms with Crippen LogP contribution in [0.2, 0.25) is 0 Å². The molecule has 0 aliphatic heterocycles. The molecular formula is C11H17NO3. The van der Waals surface area contributed by atoms with Crippen molar-refractivity contribution in [2.75, 3.05) is 7.05 Å². The van der Waals surface area contributed by atoms with Gasteiger partial charge in [0.15, 0.2) is 0 Å². The highest BCUT2D eigenvalue weighted by atomic mass is 16.6. The minimum absolute atomic E-state index is 0.246. The van der Waals surface area contributed by atoms with Crippen molar-refractivity contribution in [2.45, 2.75) is 32.9 Å². The number of nitrogens with one attached hydrogen (secondary N) is 1. The summed E-state index contributed by atoms with van der Waals surface area (Å²) >= 11 is 0. The third kappa shape index (κ3) is 3.75. The van der Waals surface area contributed by atoms with Crippen LogP contribution in [0.15, 0.2) is 16.5 Å². The van der Waals surface area contributed by atoms with Crippen LogP contribution in [0.5, 0.6) is 0 Å². The monoisotopic (exact) mass is 211 g/mol. The second kappa shape index (κ2) is 4.49. The van der Waals surface area contributed by atoms with E-state index in [2.05, 4.69) is 5.32 Å². The van der Waals surface area contributed by atoms with E-state index in [1.807, 2.05) is 27.8 Å². The van der Waals surface area contributed by atoms with Crippen molar-refractivity contribution < 1.29 is 13.9 Å². The zero-order chi connectivity index (χ0) is 11.5. The lowest BCUT2D eigenvalue weighted by Crippen LogP contribution is -2.23. The largest absolute Gasteiger partial charge is 0.454 e. The summed E-state index contributed by atoms with van der Waals surface area (Å²) in [5.74, 6) is 0.540. The number of hydrogen-bond donors (Lipinski definition) is 1. The number of hydrogen-bond acceptors (Lipinski definition) is 4. The molecule has 0 aliphatic rings. The van der Waals surface area contributed by atoms with E-state index in [9.17, 15) is 4.79 Å². The van der Waals surface area contributed by atoms with Crippen LogP contribution in [0.4, 0.5) is 0 Å². The topological polar surface area (TPSA) is 51.5 Å². The van der Waals surface area contributed by atoms with Crippen molar-refractivity contribution in [3.63, 3.8) is 0 Å². The van der Waals surface area contributed by atoms with E-state index in [1.54, 1.807) is 12.1 Å². The van der Waals surface area contributed by atoms with Gasteiger partial charge in [-0.05, 0) is 40.0 Å². The van der Waals surface area contributed by atoms with E-state index in [0.29, 0.717) is 6.54 Å². The van der Waals surface area contributed by atoms with Crippen molar-refractivity contribution in [3.05, 3.63) is 23.7 Å². The van der Waals surface area contributed by atoms with Gasteiger partial charge in [0.05, 0.1) is 6.54 Å². The second-order valence-corrected chi connectivity index (χ2v) is 4.30. The van der Waals surface area contributed by atoms with Crippen LogP contribution in [0, 0.1) is 0 Å². The summed E-state index contributed by atoms with van der Waals surface area (Å²) < 4.78 is 10.5. The lowest BCUT2D eigenvalue weighted by atomic mass is 10.2. The summed E-state index contributed by atoms with van der Waals surface area (Å²) in [4.78, 5) is 11.5. The van der Waals surface area contributed by atoms with Gasteiger partial charge >= 0.3 is 5.97 Å². The Kier molecular flexibility index (Phi) is 3.52. The van der Waals surface area contributed by atoms with Gasteiger partial charge < -0.3 is 14.5 Å². The van der Waals surface area contributed by atoms with Crippen molar-refractivity contribution in [1.29, 1.82) is 0 Å². The molecule has 1 heterocycles.